The van der Waals surface area contributed by atoms with Crippen molar-refractivity contribution in [2.75, 3.05) is 52.2 Å². The van der Waals surface area contributed by atoms with Gasteiger partial charge in [-0.3, -0.25) is 9.79 Å². The molecule has 1 aliphatic rings. The van der Waals surface area contributed by atoms with Gasteiger partial charge in [0.25, 0.3) is 5.91 Å². The van der Waals surface area contributed by atoms with E-state index < -0.39 is 0 Å². The molecule has 1 N–H and O–H groups in total. The number of furan rings is 1. The van der Waals surface area contributed by atoms with E-state index in [4.69, 9.17) is 4.42 Å². The molecule has 0 atom stereocenters. The lowest BCUT2D eigenvalue weighted by Crippen LogP contribution is -2.53. The number of carbonyl (C=O) groups is 1. The summed E-state index contributed by atoms with van der Waals surface area (Å²) in [6.45, 7) is 3.35. The van der Waals surface area contributed by atoms with Crippen LogP contribution >= 0.6 is 0 Å². The second kappa shape index (κ2) is 8.15. The molecule has 0 aromatic carbocycles. The lowest BCUT2D eigenvalue weighted by molar-refractivity contribution is 0.0657. The summed E-state index contributed by atoms with van der Waals surface area (Å²) >= 11 is 0. The number of piperazine rings is 1. The zero-order valence-corrected chi connectivity index (χ0v) is 16.3. The molecule has 146 valence electrons. The number of anilines is 1. The smallest absolute Gasteiger partial charge is 0.289 e. The largest absolute Gasteiger partial charge is 0.459 e. The lowest BCUT2D eigenvalue weighted by atomic mass is 10.3. The molecule has 2 aromatic rings. The van der Waals surface area contributed by atoms with Crippen LogP contribution in [0.5, 0.6) is 0 Å². The zero-order valence-electron chi connectivity index (χ0n) is 16.3. The van der Waals surface area contributed by atoms with Gasteiger partial charge in [-0.15, -0.1) is 0 Å². The van der Waals surface area contributed by atoms with Crippen LogP contribution in [-0.2, 0) is 13.6 Å². The van der Waals surface area contributed by atoms with Gasteiger partial charge < -0.3 is 29.0 Å². The Morgan fingerprint density at radius 1 is 1.30 bits per heavy atom. The van der Waals surface area contributed by atoms with Crippen LogP contribution in [0.1, 0.15) is 16.2 Å². The van der Waals surface area contributed by atoms with E-state index in [1.165, 1.54) is 6.26 Å². The van der Waals surface area contributed by atoms with Gasteiger partial charge in [-0.2, -0.15) is 0 Å². The van der Waals surface area contributed by atoms with Gasteiger partial charge in [0, 0.05) is 54.4 Å². The Kier molecular flexibility index (Phi) is 5.68. The van der Waals surface area contributed by atoms with Crippen LogP contribution in [0.25, 0.3) is 0 Å². The monoisotopic (exact) mass is 373 g/mol. The molecule has 9 heteroatoms. The maximum Gasteiger partial charge on any atom is 0.289 e. The Morgan fingerprint density at radius 2 is 2.00 bits per heavy atom. The molecule has 1 saturated heterocycles. The molecule has 1 fully saturated rings. The van der Waals surface area contributed by atoms with E-state index in [2.05, 4.69) is 24.8 Å². The highest BCUT2D eigenvalue weighted by Gasteiger charge is 2.25. The van der Waals surface area contributed by atoms with Gasteiger partial charge in [-0.05, 0) is 12.1 Å². The van der Waals surface area contributed by atoms with Crippen molar-refractivity contribution in [3.63, 3.8) is 0 Å². The molecule has 27 heavy (non-hydrogen) atoms. The Morgan fingerprint density at radius 3 is 2.56 bits per heavy atom. The molecule has 0 bridgehead atoms. The molecule has 0 spiro atoms. The fourth-order valence-electron chi connectivity index (χ4n) is 3.19. The number of nitrogens with zero attached hydrogens (tertiary/aromatic N) is 6. The van der Waals surface area contributed by atoms with Gasteiger partial charge in [0.2, 0.25) is 5.95 Å². The van der Waals surface area contributed by atoms with Crippen molar-refractivity contribution in [2.45, 2.75) is 6.54 Å². The number of hydrogen-bond acceptors (Lipinski definition) is 5. The number of imidazole rings is 1. The van der Waals surface area contributed by atoms with E-state index in [0.717, 1.165) is 30.7 Å². The third-order valence-corrected chi connectivity index (χ3v) is 4.70. The number of nitrogens with one attached hydrogen (secondary N) is 1. The topological polar surface area (TPSA) is 82.1 Å². The number of rotatable bonds is 4. The highest BCUT2D eigenvalue weighted by molar-refractivity contribution is 5.91. The minimum atomic E-state index is -0.0614. The fraction of sp³-hybridized carbons (Fsp3) is 0.500. The summed E-state index contributed by atoms with van der Waals surface area (Å²) in [4.78, 5) is 27.1. The maximum absolute atomic E-state index is 12.4. The highest BCUT2D eigenvalue weighted by atomic mass is 16.3. The first-order chi connectivity index (χ1) is 13.0. The van der Waals surface area contributed by atoms with Gasteiger partial charge in [-0.1, -0.05) is 0 Å². The van der Waals surface area contributed by atoms with Crippen molar-refractivity contribution in [3.05, 3.63) is 36.0 Å². The van der Waals surface area contributed by atoms with Gasteiger partial charge in [0.15, 0.2) is 11.7 Å². The van der Waals surface area contributed by atoms with E-state index >= 15 is 0 Å². The van der Waals surface area contributed by atoms with Crippen molar-refractivity contribution in [1.82, 2.24) is 24.7 Å². The molecule has 2 aromatic heterocycles. The average molecular weight is 373 g/mol. The Labute approximate surface area is 159 Å². The molecule has 3 rings (SSSR count). The summed E-state index contributed by atoms with van der Waals surface area (Å²) < 4.78 is 7.26. The maximum atomic E-state index is 12.4. The van der Waals surface area contributed by atoms with Crippen molar-refractivity contribution in [2.24, 2.45) is 12.0 Å². The van der Waals surface area contributed by atoms with Gasteiger partial charge in [-0.25, -0.2) is 4.98 Å². The number of aromatic nitrogens is 2. The highest BCUT2D eigenvalue weighted by Crippen LogP contribution is 2.12. The van der Waals surface area contributed by atoms with Gasteiger partial charge >= 0.3 is 0 Å². The number of carbonyl (C=O) groups excluding carboxylic acids is 1. The number of hydrogen-bond donors (Lipinski definition) is 1. The van der Waals surface area contributed by atoms with Crippen molar-refractivity contribution in [3.8, 4) is 0 Å². The van der Waals surface area contributed by atoms with Crippen LogP contribution in [0.15, 0.2) is 34.0 Å². The van der Waals surface area contributed by atoms with E-state index in [9.17, 15) is 4.79 Å². The fourth-order valence-corrected chi connectivity index (χ4v) is 3.19. The van der Waals surface area contributed by atoms with Crippen LogP contribution in [0.3, 0.4) is 0 Å². The summed E-state index contributed by atoms with van der Waals surface area (Å²) in [5.41, 5.74) is 1.08. The Hall–Kier alpha value is -2.97. The molecule has 0 aliphatic carbocycles. The predicted octanol–water partition coefficient (Wildman–Crippen LogP) is 0.613. The minimum absolute atomic E-state index is 0.0614. The van der Waals surface area contributed by atoms with E-state index in [0.29, 0.717) is 25.4 Å². The molecule has 1 amide bonds. The van der Waals surface area contributed by atoms with Crippen LogP contribution in [0.2, 0.25) is 0 Å². The summed E-state index contributed by atoms with van der Waals surface area (Å²) in [6.07, 6.45) is 3.39. The third-order valence-electron chi connectivity index (χ3n) is 4.70. The van der Waals surface area contributed by atoms with E-state index in [1.54, 1.807) is 19.2 Å². The molecule has 0 unspecified atom stereocenters. The van der Waals surface area contributed by atoms with Gasteiger partial charge in [0.1, 0.15) is 0 Å². The lowest BCUT2D eigenvalue weighted by Gasteiger charge is -2.36. The summed E-state index contributed by atoms with van der Waals surface area (Å²) in [5, 5.41) is 3.39. The first-order valence-electron chi connectivity index (χ1n) is 8.97. The average Bonchev–Trinajstić information content (AvgIpc) is 3.32. The van der Waals surface area contributed by atoms with Crippen molar-refractivity contribution >= 4 is 17.8 Å². The quantitative estimate of drug-likeness (QED) is 0.625. The second-order valence-electron chi connectivity index (χ2n) is 6.66. The van der Waals surface area contributed by atoms with Crippen LogP contribution in [0, 0.1) is 0 Å². The second-order valence-corrected chi connectivity index (χ2v) is 6.66. The Balaban J connectivity index is 1.54. The van der Waals surface area contributed by atoms with Crippen LogP contribution < -0.4 is 10.2 Å². The SMILES string of the molecule is CN=C(NCc1cnc(N(C)C)n1C)N1CCN(C(=O)c2ccco2)CC1. The number of aliphatic imine (C=N–C) groups is 1. The minimum Gasteiger partial charge on any atom is -0.459 e. The molecular formula is C18H27N7O2. The number of amides is 1. The third kappa shape index (κ3) is 4.07. The molecule has 3 heterocycles. The number of guanidine groups is 1. The summed E-state index contributed by atoms with van der Waals surface area (Å²) in [7, 11) is 7.72. The Bertz CT molecular complexity index is 787. The first kappa shape index (κ1) is 18.8. The standard InChI is InChI=1S/C18H27N7O2/c1-19-17(20-12-14-13-21-18(22(2)3)23(14)4)25-9-7-24(8-10-25)16(26)15-6-5-11-27-15/h5-6,11,13H,7-10,12H2,1-4H3,(H,19,20). The molecule has 0 saturated carbocycles. The van der Waals surface area contributed by atoms with E-state index in [1.807, 2.05) is 37.1 Å². The van der Waals surface area contributed by atoms with E-state index in [-0.39, 0.29) is 5.91 Å². The molecule has 9 nitrogen and oxygen atoms in total. The molecule has 1 aliphatic heterocycles. The van der Waals surface area contributed by atoms with Crippen molar-refractivity contribution in [1.29, 1.82) is 0 Å². The normalized spacial score (nSPS) is 15.2. The van der Waals surface area contributed by atoms with Gasteiger partial charge in [0.05, 0.1) is 24.7 Å². The van der Waals surface area contributed by atoms with Crippen molar-refractivity contribution < 1.29 is 9.21 Å². The summed E-state index contributed by atoms with van der Waals surface area (Å²) in [5.74, 6) is 2.06. The summed E-state index contributed by atoms with van der Waals surface area (Å²) in [6, 6.07) is 3.43. The molecular weight excluding hydrogens is 346 g/mol. The van der Waals surface area contributed by atoms with Crippen LogP contribution in [0.4, 0.5) is 5.95 Å². The predicted molar refractivity (Wildman–Crippen MR) is 104 cm³/mol. The zero-order chi connectivity index (χ0) is 19.4. The molecule has 0 radical (unpaired) electrons. The first-order valence-corrected chi connectivity index (χ1v) is 8.97. The van der Waals surface area contributed by atoms with Crippen LogP contribution in [-0.4, -0.2) is 78.5 Å².